The van der Waals surface area contributed by atoms with Gasteiger partial charge in [0.15, 0.2) is 0 Å². The summed E-state index contributed by atoms with van der Waals surface area (Å²) in [5.74, 6) is -0.387. The van der Waals surface area contributed by atoms with Crippen molar-refractivity contribution in [3.8, 4) is 11.5 Å². The van der Waals surface area contributed by atoms with Gasteiger partial charge in [0, 0.05) is 10.6 Å². The molecule has 1 aromatic heterocycles. The molecule has 2 N–H and O–H groups in total. The zero-order valence-electron chi connectivity index (χ0n) is 10.6. The van der Waals surface area contributed by atoms with Gasteiger partial charge in [-0.25, -0.2) is 4.79 Å². The number of oxazole rings is 1. The Bertz CT molecular complexity index is 622. The van der Waals surface area contributed by atoms with Gasteiger partial charge in [-0.05, 0) is 37.6 Å². The molecular formula is C13H13ClN2O3. The second kappa shape index (κ2) is 5.32. The average Bonchev–Trinajstić information content (AvgIpc) is 2.75. The summed E-state index contributed by atoms with van der Waals surface area (Å²) < 4.78 is 10.1. The summed E-state index contributed by atoms with van der Waals surface area (Å²) in [6.45, 7) is 3.82. The monoisotopic (exact) mass is 280 g/mol. The Labute approximate surface area is 115 Å². The minimum absolute atomic E-state index is 0.00977. The first-order valence-corrected chi connectivity index (χ1v) is 6.10. The molecule has 0 fully saturated rings. The minimum Gasteiger partial charge on any atom is -0.461 e. The van der Waals surface area contributed by atoms with Gasteiger partial charge in [-0.1, -0.05) is 11.6 Å². The number of nitrogen functional groups attached to an aromatic ring is 1. The zero-order valence-corrected chi connectivity index (χ0v) is 11.3. The number of benzene rings is 1. The van der Waals surface area contributed by atoms with Crippen LogP contribution in [0.5, 0.6) is 0 Å². The first kappa shape index (κ1) is 13.4. The molecule has 0 saturated carbocycles. The van der Waals surface area contributed by atoms with Crippen molar-refractivity contribution in [1.29, 1.82) is 0 Å². The predicted molar refractivity (Wildman–Crippen MR) is 72.1 cm³/mol. The Kier molecular flexibility index (Phi) is 3.76. The number of aryl methyl sites for hydroxylation is 1. The topological polar surface area (TPSA) is 78.3 Å². The highest BCUT2D eigenvalue weighted by atomic mass is 35.5. The van der Waals surface area contributed by atoms with Crippen LogP contribution in [-0.2, 0) is 4.74 Å². The maximum absolute atomic E-state index is 11.6. The van der Waals surface area contributed by atoms with Crippen molar-refractivity contribution in [2.45, 2.75) is 13.8 Å². The SMILES string of the molecule is CCOC(=O)c1nc(-c2ccc(Cl)c(C)c2)oc1N. The highest BCUT2D eigenvalue weighted by molar-refractivity contribution is 6.31. The highest BCUT2D eigenvalue weighted by Crippen LogP contribution is 2.27. The molecule has 6 heteroatoms. The van der Waals surface area contributed by atoms with Crippen molar-refractivity contribution in [2.24, 2.45) is 0 Å². The molecule has 19 heavy (non-hydrogen) atoms. The van der Waals surface area contributed by atoms with Crippen molar-refractivity contribution >= 4 is 23.5 Å². The van der Waals surface area contributed by atoms with Crippen LogP contribution < -0.4 is 5.73 Å². The molecule has 0 bridgehead atoms. The summed E-state index contributed by atoms with van der Waals surface area (Å²) in [4.78, 5) is 15.6. The van der Waals surface area contributed by atoms with E-state index in [1.54, 1.807) is 19.1 Å². The lowest BCUT2D eigenvalue weighted by Crippen LogP contribution is -2.07. The third-order valence-corrected chi connectivity index (χ3v) is 2.95. The van der Waals surface area contributed by atoms with Crippen LogP contribution in [0.2, 0.25) is 5.02 Å². The number of nitrogens with two attached hydrogens (primary N) is 1. The molecule has 0 amide bonds. The largest absolute Gasteiger partial charge is 0.461 e. The first-order chi connectivity index (χ1) is 9.02. The van der Waals surface area contributed by atoms with Crippen LogP contribution in [0.15, 0.2) is 22.6 Å². The lowest BCUT2D eigenvalue weighted by molar-refractivity contribution is 0.0521. The predicted octanol–water partition coefficient (Wildman–Crippen LogP) is 3.06. The van der Waals surface area contributed by atoms with Gasteiger partial charge in [0.05, 0.1) is 6.61 Å². The van der Waals surface area contributed by atoms with Gasteiger partial charge in [0.1, 0.15) is 0 Å². The Balaban J connectivity index is 2.38. The van der Waals surface area contributed by atoms with E-state index >= 15 is 0 Å². The van der Waals surface area contributed by atoms with E-state index < -0.39 is 5.97 Å². The molecule has 2 rings (SSSR count). The number of ether oxygens (including phenoxy) is 1. The molecule has 0 radical (unpaired) electrons. The third kappa shape index (κ3) is 2.71. The fraction of sp³-hybridized carbons (Fsp3) is 0.231. The number of halogens is 1. The second-order valence-electron chi connectivity index (χ2n) is 3.92. The van der Waals surface area contributed by atoms with E-state index in [9.17, 15) is 4.79 Å². The molecule has 0 atom stereocenters. The highest BCUT2D eigenvalue weighted by Gasteiger charge is 2.20. The fourth-order valence-corrected chi connectivity index (χ4v) is 1.70. The maximum atomic E-state index is 11.6. The van der Waals surface area contributed by atoms with Gasteiger partial charge in [0.25, 0.3) is 0 Å². The van der Waals surface area contributed by atoms with Crippen molar-refractivity contribution < 1.29 is 13.9 Å². The van der Waals surface area contributed by atoms with E-state index in [0.29, 0.717) is 10.6 Å². The molecular weight excluding hydrogens is 268 g/mol. The number of hydrogen-bond acceptors (Lipinski definition) is 5. The van der Waals surface area contributed by atoms with Crippen LogP contribution in [0.1, 0.15) is 23.0 Å². The van der Waals surface area contributed by atoms with Gasteiger partial charge in [-0.3, -0.25) is 0 Å². The second-order valence-corrected chi connectivity index (χ2v) is 4.32. The van der Waals surface area contributed by atoms with Crippen molar-refractivity contribution in [3.05, 3.63) is 34.5 Å². The summed E-state index contributed by atoms with van der Waals surface area (Å²) in [5, 5.41) is 0.647. The molecule has 0 aliphatic carbocycles. The lowest BCUT2D eigenvalue weighted by atomic mass is 10.1. The van der Waals surface area contributed by atoms with E-state index in [2.05, 4.69) is 4.98 Å². The number of aromatic nitrogens is 1. The summed E-state index contributed by atoms with van der Waals surface area (Å²) in [7, 11) is 0. The van der Waals surface area contributed by atoms with E-state index in [1.807, 2.05) is 13.0 Å². The van der Waals surface area contributed by atoms with Gasteiger partial charge in [-0.15, -0.1) is 0 Å². The van der Waals surface area contributed by atoms with E-state index in [4.69, 9.17) is 26.5 Å². The van der Waals surface area contributed by atoms with Crippen LogP contribution in [0.4, 0.5) is 5.88 Å². The van der Waals surface area contributed by atoms with E-state index in [-0.39, 0.29) is 24.1 Å². The average molecular weight is 281 g/mol. The number of carbonyl (C=O) groups is 1. The Morgan fingerprint density at radius 1 is 1.53 bits per heavy atom. The number of anilines is 1. The van der Waals surface area contributed by atoms with E-state index in [0.717, 1.165) is 5.56 Å². The van der Waals surface area contributed by atoms with Crippen LogP contribution in [0, 0.1) is 6.92 Å². The van der Waals surface area contributed by atoms with Crippen molar-refractivity contribution in [3.63, 3.8) is 0 Å². The van der Waals surface area contributed by atoms with Gasteiger partial charge >= 0.3 is 5.97 Å². The summed E-state index contributed by atoms with van der Waals surface area (Å²) in [5.41, 5.74) is 7.19. The molecule has 1 heterocycles. The zero-order chi connectivity index (χ0) is 14.0. The molecule has 0 aliphatic heterocycles. The minimum atomic E-state index is -0.597. The smallest absolute Gasteiger partial charge is 0.362 e. The van der Waals surface area contributed by atoms with Crippen LogP contribution in [-0.4, -0.2) is 17.6 Å². The summed E-state index contributed by atoms with van der Waals surface area (Å²) >= 11 is 5.95. The molecule has 1 aromatic carbocycles. The lowest BCUT2D eigenvalue weighted by Gasteiger charge is -1.99. The Morgan fingerprint density at radius 3 is 2.89 bits per heavy atom. The third-order valence-electron chi connectivity index (χ3n) is 2.53. The van der Waals surface area contributed by atoms with Gasteiger partial charge in [-0.2, -0.15) is 4.98 Å². The number of hydrogen-bond donors (Lipinski definition) is 1. The number of rotatable bonds is 3. The molecule has 100 valence electrons. The quantitative estimate of drug-likeness (QED) is 0.874. The van der Waals surface area contributed by atoms with Crippen LogP contribution in [0.25, 0.3) is 11.5 Å². The van der Waals surface area contributed by atoms with Crippen LogP contribution >= 0.6 is 11.6 Å². The Hall–Kier alpha value is -2.01. The summed E-state index contributed by atoms with van der Waals surface area (Å²) in [6, 6.07) is 5.29. The molecule has 0 saturated heterocycles. The maximum Gasteiger partial charge on any atom is 0.362 e. The van der Waals surface area contributed by atoms with Gasteiger partial charge < -0.3 is 14.9 Å². The number of carbonyl (C=O) groups excluding carboxylic acids is 1. The first-order valence-electron chi connectivity index (χ1n) is 5.73. The normalized spacial score (nSPS) is 10.5. The standard InChI is InChI=1S/C13H13ClN2O3/c1-3-18-13(17)10-11(15)19-12(16-10)8-4-5-9(14)7(2)6-8/h4-6H,3,15H2,1-2H3. The molecule has 0 aliphatic rings. The fourth-order valence-electron chi connectivity index (χ4n) is 1.58. The molecule has 5 nitrogen and oxygen atoms in total. The Morgan fingerprint density at radius 2 is 2.26 bits per heavy atom. The molecule has 0 spiro atoms. The molecule has 2 aromatic rings. The van der Waals surface area contributed by atoms with Crippen LogP contribution in [0.3, 0.4) is 0 Å². The van der Waals surface area contributed by atoms with Crippen molar-refractivity contribution in [2.75, 3.05) is 12.3 Å². The van der Waals surface area contributed by atoms with Gasteiger partial charge in [0.2, 0.25) is 17.5 Å². The number of esters is 1. The van der Waals surface area contributed by atoms with E-state index in [1.165, 1.54) is 0 Å². The van der Waals surface area contributed by atoms with Crippen molar-refractivity contribution in [1.82, 2.24) is 4.98 Å². The number of nitrogens with zero attached hydrogens (tertiary/aromatic N) is 1. The molecule has 0 unspecified atom stereocenters. The summed E-state index contributed by atoms with van der Waals surface area (Å²) in [6.07, 6.45) is 0.